The van der Waals surface area contributed by atoms with Crippen molar-refractivity contribution in [3.05, 3.63) is 65.2 Å². The number of nitrogens with zero attached hydrogens (tertiary/aromatic N) is 1. The molecule has 2 aromatic rings. The van der Waals surface area contributed by atoms with Crippen molar-refractivity contribution in [1.29, 1.82) is 5.26 Å². The van der Waals surface area contributed by atoms with Crippen LogP contribution in [0.25, 0.3) is 6.08 Å². The molecule has 1 N–H and O–H groups in total. The maximum Gasteiger partial charge on any atom is 0.311 e. The van der Waals surface area contributed by atoms with Crippen molar-refractivity contribution in [2.75, 3.05) is 7.11 Å². The normalized spacial score (nSPS) is 10.6. The van der Waals surface area contributed by atoms with Crippen LogP contribution in [0.4, 0.5) is 0 Å². The maximum absolute atomic E-state index is 12.3. The van der Waals surface area contributed by atoms with E-state index in [0.29, 0.717) is 17.9 Å². The molecule has 1 amide bonds. The Kier molecular flexibility index (Phi) is 7.15. The summed E-state index contributed by atoms with van der Waals surface area (Å²) in [4.78, 5) is 23.7. The van der Waals surface area contributed by atoms with Gasteiger partial charge in [-0.25, -0.2) is 0 Å². The average molecular weight is 364 g/mol. The number of hydrogen-bond acceptors (Lipinski definition) is 5. The highest BCUT2D eigenvalue weighted by atomic mass is 16.6. The number of benzene rings is 2. The number of amides is 1. The van der Waals surface area contributed by atoms with Gasteiger partial charge in [0.15, 0.2) is 11.5 Å². The molecule has 0 radical (unpaired) electrons. The first-order chi connectivity index (χ1) is 13.1. The van der Waals surface area contributed by atoms with Crippen molar-refractivity contribution in [2.45, 2.75) is 19.9 Å². The maximum atomic E-state index is 12.3. The van der Waals surface area contributed by atoms with Gasteiger partial charge >= 0.3 is 5.97 Å². The third kappa shape index (κ3) is 5.72. The summed E-state index contributed by atoms with van der Waals surface area (Å²) in [6.07, 6.45) is 1.69. The minimum absolute atomic E-state index is 0.0358. The van der Waals surface area contributed by atoms with E-state index in [1.54, 1.807) is 25.1 Å². The van der Waals surface area contributed by atoms with E-state index in [-0.39, 0.29) is 23.7 Å². The predicted octanol–water partition coefficient (Wildman–Crippen LogP) is 3.23. The standard InChI is InChI=1S/C21H20N2O4/c1-3-20(24)27-18-10-9-16(12-19(18)26-2)11-17(13-22)21(25)23-14-15-7-5-4-6-8-15/h4-12H,3,14H2,1-2H3,(H,23,25)/b17-11+. The molecule has 0 aliphatic rings. The van der Waals surface area contributed by atoms with Crippen molar-refractivity contribution in [3.8, 4) is 17.6 Å². The molecule has 6 heteroatoms. The summed E-state index contributed by atoms with van der Waals surface area (Å²) >= 11 is 0. The van der Waals surface area contributed by atoms with E-state index in [1.165, 1.54) is 13.2 Å². The smallest absolute Gasteiger partial charge is 0.311 e. The van der Waals surface area contributed by atoms with Crippen molar-refractivity contribution in [3.63, 3.8) is 0 Å². The van der Waals surface area contributed by atoms with E-state index in [9.17, 15) is 14.9 Å². The molecule has 0 aliphatic heterocycles. The molecule has 0 unspecified atom stereocenters. The lowest BCUT2D eigenvalue weighted by Gasteiger charge is -2.09. The van der Waals surface area contributed by atoms with Gasteiger partial charge in [0.25, 0.3) is 5.91 Å². The second kappa shape index (κ2) is 9.78. The van der Waals surface area contributed by atoms with Crippen molar-refractivity contribution < 1.29 is 19.1 Å². The number of rotatable bonds is 7. The largest absolute Gasteiger partial charge is 0.493 e. The van der Waals surface area contributed by atoms with Crippen LogP contribution in [-0.4, -0.2) is 19.0 Å². The number of esters is 1. The van der Waals surface area contributed by atoms with Crippen LogP contribution < -0.4 is 14.8 Å². The van der Waals surface area contributed by atoms with Crippen LogP contribution in [0.5, 0.6) is 11.5 Å². The van der Waals surface area contributed by atoms with E-state index >= 15 is 0 Å². The lowest BCUT2D eigenvalue weighted by Crippen LogP contribution is -2.23. The van der Waals surface area contributed by atoms with Gasteiger partial charge in [-0.3, -0.25) is 9.59 Å². The monoisotopic (exact) mass is 364 g/mol. The van der Waals surface area contributed by atoms with Crippen LogP contribution in [0.3, 0.4) is 0 Å². The molecule has 0 aliphatic carbocycles. The molecule has 2 aromatic carbocycles. The second-order valence-corrected chi connectivity index (χ2v) is 5.58. The van der Waals surface area contributed by atoms with Crippen molar-refractivity contribution >= 4 is 18.0 Å². The SMILES string of the molecule is CCC(=O)Oc1ccc(/C=C(\C#N)C(=O)NCc2ccccc2)cc1OC. The Bertz CT molecular complexity index is 883. The van der Waals surface area contributed by atoms with Crippen LogP contribution in [0.1, 0.15) is 24.5 Å². The zero-order valence-corrected chi connectivity index (χ0v) is 15.2. The Labute approximate surface area is 158 Å². The summed E-state index contributed by atoms with van der Waals surface area (Å²) in [7, 11) is 1.45. The van der Waals surface area contributed by atoms with Gasteiger partial charge in [0.2, 0.25) is 0 Å². The van der Waals surface area contributed by atoms with E-state index in [2.05, 4.69) is 5.32 Å². The molecule has 6 nitrogen and oxygen atoms in total. The molecular formula is C21H20N2O4. The second-order valence-electron chi connectivity index (χ2n) is 5.58. The third-order valence-corrected chi connectivity index (χ3v) is 3.67. The Hall–Kier alpha value is -3.59. The lowest BCUT2D eigenvalue weighted by atomic mass is 10.1. The molecule has 0 saturated carbocycles. The quantitative estimate of drug-likeness (QED) is 0.353. The first-order valence-corrected chi connectivity index (χ1v) is 8.40. The van der Waals surface area contributed by atoms with Gasteiger partial charge in [0.05, 0.1) is 7.11 Å². The fourth-order valence-electron chi connectivity index (χ4n) is 2.24. The molecule has 27 heavy (non-hydrogen) atoms. The van der Waals surface area contributed by atoms with Gasteiger partial charge in [-0.1, -0.05) is 43.3 Å². The van der Waals surface area contributed by atoms with Crippen molar-refractivity contribution in [1.82, 2.24) is 5.32 Å². The molecule has 0 heterocycles. The lowest BCUT2D eigenvalue weighted by molar-refractivity contribution is -0.134. The molecule has 0 bridgehead atoms. The summed E-state index contributed by atoms with van der Waals surface area (Å²) in [5.74, 6) is -0.225. The average Bonchev–Trinajstić information content (AvgIpc) is 2.71. The highest BCUT2D eigenvalue weighted by Gasteiger charge is 2.12. The zero-order valence-electron chi connectivity index (χ0n) is 15.2. The molecule has 0 aromatic heterocycles. The van der Waals surface area contributed by atoms with Crippen LogP contribution in [0.2, 0.25) is 0 Å². The van der Waals surface area contributed by atoms with Gasteiger partial charge < -0.3 is 14.8 Å². The first-order valence-electron chi connectivity index (χ1n) is 8.40. The van der Waals surface area contributed by atoms with Crippen LogP contribution in [0, 0.1) is 11.3 Å². The highest BCUT2D eigenvalue weighted by Crippen LogP contribution is 2.29. The van der Waals surface area contributed by atoms with Gasteiger partial charge in [-0.05, 0) is 29.3 Å². The molecule has 2 rings (SSSR count). The summed E-state index contributed by atoms with van der Waals surface area (Å²) < 4.78 is 10.4. The molecule has 138 valence electrons. The van der Waals surface area contributed by atoms with Gasteiger partial charge in [0, 0.05) is 13.0 Å². The number of nitrogens with one attached hydrogen (secondary N) is 1. The molecule has 0 saturated heterocycles. The van der Waals surface area contributed by atoms with Crippen LogP contribution in [-0.2, 0) is 16.1 Å². The highest BCUT2D eigenvalue weighted by molar-refractivity contribution is 6.01. The van der Waals surface area contributed by atoms with E-state index in [0.717, 1.165) is 5.56 Å². The Balaban J connectivity index is 2.15. The number of hydrogen-bond donors (Lipinski definition) is 1. The van der Waals surface area contributed by atoms with E-state index in [4.69, 9.17) is 9.47 Å². The molecule has 0 atom stereocenters. The molecule has 0 fully saturated rings. The van der Waals surface area contributed by atoms with E-state index in [1.807, 2.05) is 36.4 Å². The van der Waals surface area contributed by atoms with Crippen molar-refractivity contribution in [2.24, 2.45) is 0 Å². The Morgan fingerprint density at radius 2 is 1.89 bits per heavy atom. The Morgan fingerprint density at radius 3 is 2.52 bits per heavy atom. The fraction of sp³-hybridized carbons (Fsp3) is 0.190. The minimum Gasteiger partial charge on any atom is -0.493 e. The van der Waals surface area contributed by atoms with Gasteiger partial charge in [-0.2, -0.15) is 5.26 Å². The van der Waals surface area contributed by atoms with Crippen LogP contribution >= 0.6 is 0 Å². The first kappa shape index (κ1) is 19.7. The minimum atomic E-state index is -0.471. The molecular weight excluding hydrogens is 344 g/mol. The van der Waals surface area contributed by atoms with Gasteiger partial charge in [-0.15, -0.1) is 0 Å². The number of methoxy groups -OCH3 is 1. The third-order valence-electron chi connectivity index (χ3n) is 3.67. The van der Waals surface area contributed by atoms with E-state index < -0.39 is 5.91 Å². The summed E-state index contributed by atoms with van der Waals surface area (Å²) in [6, 6.07) is 16.1. The number of carbonyl (C=O) groups is 2. The number of ether oxygens (including phenoxy) is 2. The summed E-state index contributed by atoms with van der Waals surface area (Å²) in [6.45, 7) is 2.02. The predicted molar refractivity (Wildman–Crippen MR) is 101 cm³/mol. The Morgan fingerprint density at radius 1 is 1.15 bits per heavy atom. The topological polar surface area (TPSA) is 88.4 Å². The fourth-order valence-corrected chi connectivity index (χ4v) is 2.24. The number of carbonyl (C=O) groups excluding carboxylic acids is 2. The summed E-state index contributed by atoms with van der Waals surface area (Å²) in [5.41, 5.74) is 1.48. The summed E-state index contributed by atoms with van der Waals surface area (Å²) in [5, 5.41) is 12.0. The zero-order chi connectivity index (χ0) is 19.6. The molecule has 0 spiro atoms. The van der Waals surface area contributed by atoms with Gasteiger partial charge in [0.1, 0.15) is 11.6 Å². The number of nitriles is 1. The van der Waals surface area contributed by atoms with Crippen LogP contribution in [0.15, 0.2) is 54.1 Å².